The van der Waals surface area contributed by atoms with Crippen molar-refractivity contribution in [2.75, 3.05) is 6.54 Å². The molecule has 0 amide bonds. The van der Waals surface area contributed by atoms with E-state index in [0.717, 1.165) is 33.5 Å². The Bertz CT molecular complexity index is 860. The number of hydrogen-bond donors (Lipinski definition) is 2. The summed E-state index contributed by atoms with van der Waals surface area (Å²) in [5.74, 6) is 0. The van der Waals surface area contributed by atoms with Crippen molar-refractivity contribution < 1.29 is 8.42 Å². The lowest BCUT2D eigenvalue weighted by atomic mass is 10.2. The van der Waals surface area contributed by atoms with Gasteiger partial charge in [-0.05, 0) is 36.7 Å². The molecule has 0 spiro atoms. The summed E-state index contributed by atoms with van der Waals surface area (Å²) in [5, 5.41) is 0.932. The van der Waals surface area contributed by atoms with E-state index < -0.39 is 9.84 Å². The normalized spacial score (nSPS) is 12.3. The number of rotatable bonds is 4. The second-order valence-corrected chi connectivity index (χ2v) is 9.39. The van der Waals surface area contributed by atoms with E-state index in [2.05, 4.69) is 4.98 Å². The Hall–Kier alpha value is -0.860. The fourth-order valence-electron chi connectivity index (χ4n) is 1.98. The van der Waals surface area contributed by atoms with Gasteiger partial charge in [0.25, 0.3) is 0 Å². The molecule has 0 bridgehead atoms. The SMILES string of the molecule is NCCc1c[nH]c2sc(S(=O)(=O)c3ccc(Cl)s3)cc12. The number of hydrogen-bond acceptors (Lipinski definition) is 5. The number of halogens is 1. The molecule has 106 valence electrons. The van der Waals surface area contributed by atoms with Crippen LogP contribution in [0.4, 0.5) is 0 Å². The molecule has 0 aliphatic rings. The summed E-state index contributed by atoms with van der Waals surface area (Å²) in [4.78, 5) is 3.95. The molecule has 3 rings (SSSR count). The molecular weight excluding hydrogens is 336 g/mol. The average Bonchev–Trinajstić information content (AvgIpc) is 3.06. The minimum absolute atomic E-state index is 0.270. The van der Waals surface area contributed by atoms with Gasteiger partial charge in [-0.3, -0.25) is 0 Å². The Kier molecular flexibility index (Phi) is 3.64. The van der Waals surface area contributed by atoms with Crippen molar-refractivity contribution in [3.8, 4) is 0 Å². The second kappa shape index (κ2) is 5.16. The molecule has 0 aliphatic carbocycles. The largest absolute Gasteiger partial charge is 0.353 e. The van der Waals surface area contributed by atoms with Crippen LogP contribution >= 0.6 is 34.3 Å². The molecule has 0 unspecified atom stereocenters. The van der Waals surface area contributed by atoms with Crippen LogP contribution in [-0.4, -0.2) is 19.9 Å². The molecule has 0 fully saturated rings. The summed E-state index contributed by atoms with van der Waals surface area (Å²) in [6.07, 6.45) is 2.60. The van der Waals surface area contributed by atoms with Crippen LogP contribution in [-0.2, 0) is 16.3 Å². The van der Waals surface area contributed by atoms with Crippen LogP contribution in [0.1, 0.15) is 5.56 Å². The van der Waals surface area contributed by atoms with Gasteiger partial charge >= 0.3 is 0 Å². The molecule has 3 N–H and O–H groups in total. The lowest BCUT2D eigenvalue weighted by molar-refractivity contribution is 0.600. The highest BCUT2D eigenvalue weighted by Gasteiger charge is 2.23. The average molecular weight is 347 g/mol. The predicted molar refractivity (Wildman–Crippen MR) is 83.7 cm³/mol. The molecule has 0 saturated carbocycles. The monoisotopic (exact) mass is 346 g/mol. The molecule has 20 heavy (non-hydrogen) atoms. The summed E-state index contributed by atoms with van der Waals surface area (Å²) < 4.78 is 26.1. The van der Waals surface area contributed by atoms with Crippen molar-refractivity contribution >= 4 is 54.3 Å². The summed E-state index contributed by atoms with van der Waals surface area (Å²) >= 11 is 8.12. The van der Waals surface area contributed by atoms with Gasteiger partial charge in [0, 0.05) is 11.6 Å². The van der Waals surface area contributed by atoms with Crippen LogP contribution in [0.3, 0.4) is 0 Å². The standard InChI is InChI=1S/C12H11ClN2O2S3/c13-9-1-2-10(18-9)20(16,17)11-5-8-7(3-4-14)6-15-12(8)19-11/h1-2,5-6,15H,3-4,14H2. The Labute approximate surface area is 129 Å². The van der Waals surface area contributed by atoms with E-state index in [1.165, 1.54) is 17.4 Å². The van der Waals surface area contributed by atoms with Crippen LogP contribution in [0, 0.1) is 0 Å². The van der Waals surface area contributed by atoms with Crippen LogP contribution in [0.15, 0.2) is 32.8 Å². The van der Waals surface area contributed by atoms with Crippen LogP contribution in [0.2, 0.25) is 4.34 Å². The topological polar surface area (TPSA) is 76.0 Å². The van der Waals surface area contributed by atoms with E-state index in [-0.39, 0.29) is 4.21 Å². The Morgan fingerprint density at radius 3 is 2.70 bits per heavy atom. The van der Waals surface area contributed by atoms with Gasteiger partial charge in [0.05, 0.1) is 4.34 Å². The lowest BCUT2D eigenvalue weighted by Crippen LogP contribution is -2.01. The van der Waals surface area contributed by atoms with Gasteiger partial charge in [-0.25, -0.2) is 8.42 Å². The second-order valence-electron chi connectivity index (χ2n) is 4.22. The minimum atomic E-state index is -3.48. The maximum absolute atomic E-state index is 12.5. The number of fused-ring (bicyclic) bond motifs is 1. The van der Waals surface area contributed by atoms with Crippen molar-refractivity contribution in [1.29, 1.82) is 0 Å². The van der Waals surface area contributed by atoms with Crippen LogP contribution in [0.5, 0.6) is 0 Å². The van der Waals surface area contributed by atoms with E-state index in [1.807, 2.05) is 6.20 Å². The molecule has 4 nitrogen and oxygen atoms in total. The number of sulfone groups is 1. The summed E-state index contributed by atoms with van der Waals surface area (Å²) in [6.45, 7) is 0.533. The van der Waals surface area contributed by atoms with E-state index >= 15 is 0 Å². The number of nitrogens with one attached hydrogen (secondary N) is 1. The smallest absolute Gasteiger partial charge is 0.225 e. The van der Waals surface area contributed by atoms with E-state index in [1.54, 1.807) is 12.1 Å². The first kappa shape index (κ1) is 14.1. The number of aromatic amines is 1. The molecule has 0 saturated heterocycles. The zero-order valence-corrected chi connectivity index (χ0v) is 13.4. The third kappa shape index (κ3) is 2.29. The van der Waals surface area contributed by atoms with Gasteiger partial charge in [-0.1, -0.05) is 11.6 Å². The van der Waals surface area contributed by atoms with E-state index in [4.69, 9.17) is 17.3 Å². The minimum Gasteiger partial charge on any atom is -0.353 e. The first-order valence-corrected chi connectivity index (χ1v) is 9.32. The van der Waals surface area contributed by atoms with Crippen molar-refractivity contribution in [3.05, 3.63) is 34.3 Å². The first-order valence-electron chi connectivity index (χ1n) is 5.82. The maximum Gasteiger partial charge on any atom is 0.225 e. The van der Waals surface area contributed by atoms with E-state index in [0.29, 0.717) is 15.1 Å². The highest BCUT2D eigenvalue weighted by Crippen LogP contribution is 2.37. The molecule has 0 radical (unpaired) electrons. The Balaban J connectivity index is 2.10. The molecule has 3 aromatic rings. The van der Waals surface area contributed by atoms with Gasteiger partial charge in [-0.15, -0.1) is 22.7 Å². The summed E-state index contributed by atoms with van der Waals surface area (Å²) in [6, 6.07) is 4.85. The zero-order valence-electron chi connectivity index (χ0n) is 10.2. The van der Waals surface area contributed by atoms with Gasteiger partial charge in [0.2, 0.25) is 9.84 Å². The number of thiophene rings is 2. The van der Waals surface area contributed by atoms with Crippen molar-refractivity contribution in [2.45, 2.75) is 14.8 Å². The lowest BCUT2D eigenvalue weighted by Gasteiger charge is -1.96. The highest BCUT2D eigenvalue weighted by molar-refractivity contribution is 7.95. The third-order valence-corrected chi connectivity index (χ3v) is 7.94. The Morgan fingerprint density at radius 1 is 1.25 bits per heavy atom. The summed E-state index contributed by atoms with van der Waals surface area (Å²) in [5.41, 5.74) is 6.60. The van der Waals surface area contributed by atoms with Gasteiger partial charge in [-0.2, -0.15) is 0 Å². The molecular formula is C12H11ClN2O2S3. The molecule has 3 aromatic heterocycles. The summed E-state index contributed by atoms with van der Waals surface area (Å²) in [7, 11) is -3.48. The quantitative estimate of drug-likeness (QED) is 0.761. The fourth-order valence-corrected chi connectivity index (χ4v) is 6.50. The molecule has 3 heterocycles. The molecule has 0 atom stereocenters. The number of nitrogens with two attached hydrogens (primary N) is 1. The van der Waals surface area contributed by atoms with Crippen molar-refractivity contribution in [3.63, 3.8) is 0 Å². The molecule has 8 heteroatoms. The van der Waals surface area contributed by atoms with Crippen LogP contribution < -0.4 is 5.73 Å². The molecule has 0 aromatic carbocycles. The van der Waals surface area contributed by atoms with Gasteiger partial charge in [0.1, 0.15) is 13.2 Å². The third-order valence-electron chi connectivity index (χ3n) is 2.92. The van der Waals surface area contributed by atoms with Crippen LogP contribution in [0.25, 0.3) is 10.2 Å². The maximum atomic E-state index is 12.5. The van der Waals surface area contributed by atoms with Crippen molar-refractivity contribution in [2.24, 2.45) is 5.73 Å². The number of H-pyrrole nitrogens is 1. The van der Waals surface area contributed by atoms with E-state index in [9.17, 15) is 8.42 Å². The Morgan fingerprint density at radius 2 is 2.05 bits per heavy atom. The van der Waals surface area contributed by atoms with Gasteiger partial charge in [0.15, 0.2) is 0 Å². The van der Waals surface area contributed by atoms with Crippen molar-refractivity contribution in [1.82, 2.24) is 4.98 Å². The highest BCUT2D eigenvalue weighted by atomic mass is 35.5. The fraction of sp³-hybridized carbons (Fsp3) is 0.167. The predicted octanol–water partition coefficient (Wildman–Crippen LogP) is 3.28. The molecule has 0 aliphatic heterocycles. The van der Waals surface area contributed by atoms with Gasteiger partial charge < -0.3 is 10.7 Å². The number of aromatic nitrogens is 1. The first-order chi connectivity index (χ1) is 9.52. The zero-order chi connectivity index (χ0) is 14.3.